The van der Waals surface area contributed by atoms with Gasteiger partial charge in [0.25, 0.3) is 0 Å². The van der Waals surface area contributed by atoms with Gasteiger partial charge in [0.1, 0.15) is 5.75 Å². The average molecular weight is 234 g/mol. The van der Waals surface area contributed by atoms with Crippen LogP contribution in [0, 0.1) is 13.8 Å². The summed E-state index contributed by atoms with van der Waals surface area (Å²) in [5.41, 5.74) is 9.47. The molecule has 0 amide bonds. The Morgan fingerprint density at radius 3 is 3.00 bits per heavy atom. The molecule has 2 rings (SSSR count). The molecular weight excluding hydrogens is 212 g/mol. The molecule has 0 saturated heterocycles. The number of ether oxygens (including phenoxy) is 1. The second kappa shape index (κ2) is 5.52. The Labute approximate surface area is 103 Å². The Morgan fingerprint density at radius 1 is 1.41 bits per heavy atom. The average Bonchev–Trinajstić information content (AvgIpc) is 2.48. The fourth-order valence-corrected chi connectivity index (χ4v) is 2.58. The molecule has 94 valence electrons. The zero-order valence-electron chi connectivity index (χ0n) is 10.8. The van der Waals surface area contributed by atoms with E-state index in [0.29, 0.717) is 12.6 Å². The van der Waals surface area contributed by atoms with E-state index in [1.807, 2.05) is 0 Å². The number of nitrogens with one attached hydrogen (secondary N) is 1. The van der Waals surface area contributed by atoms with Crippen molar-refractivity contribution in [2.45, 2.75) is 32.7 Å². The molecule has 1 aromatic carbocycles. The zero-order chi connectivity index (χ0) is 12.3. The Balaban J connectivity index is 2.33. The summed E-state index contributed by atoms with van der Waals surface area (Å²) in [6.07, 6.45) is 2.21. The van der Waals surface area contributed by atoms with Gasteiger partial charge in [-0.2, -0.15) is 0 Å². The Kier molecular flexibility index (Phi) is 4.02. The van der Waals surface area contributed by atoms with Crippen LogP contribution in [0.15, 0.2) is 12.1 Å². The van der Waals surface area contributed by atoms with Crippen LogP contribution in [-0.2, 0) is 0 Å². The first-order valence-corrected chi connectivity index (χ1v) is 6.39. The van der Waals surface area contributed by atoms with Crippen LogP contribution < -0.4 is 15.8 Å². The number of aryl methyl sites for hydroxylation is 2. The van der Waals surface area contributed by atoms with Crippen LogP contribution in [0.5, 0.6) is 5.75 Å². The third kappa shape index (κ3) is 2.79. The fourth-order valence-electron chi connectivity index (χ4n) is 2.58. The topological polar surface area (TPSA) is 47.3 Å². The quantitative estimate of drug-likeness (QED) is 0.841. The zero-order valence-corrected chi connectivity index (χ0v) is 10.8. The lowest BCUT2D eigenvalue weighted by molar-refractivity contribution is 0.315. The molecule has 0 spiro atoms. The molecule has 1 aliphatic heterocycles. The molecule has 1 unspecified atom stereocenters. The number of hydrogen-bond donors (Lipinski definition) is 2. The molecule has 3 N–H and O–H groups in total. The Hall–Kier alpha value is -1.06. The SMILES string of the molecule is Cc1cc(C)c2c(c1)OCCCC2NCCN. The van der Waals surface area contributed by atoms with Crippen molar-refractivity contribution in [2.24, 2.45) is 5.73 Å². The molecule has 3 nitrogen and oxygen atoms in total. The second-order valence-electron chi connectivity index (χ2n) is 4.78. The molecular formula is C14H22N2O. The van der Waals surface area contributed by atoms with Gasteiger partial charge < -0.3 is 15.8 Å². The van der Waals surface area contributed by atoms with Gasteiger partial charge >= 0.3 is 0 Å². The summed E-state index contributed by atoms with van der Waals surface area (Å²) in [6, 6.07) is 4.76. The number of fused-ring (bicyclic) bond motifs is 1. The van der Waals surface area contributed by atoms with Gasteiger partial charge in [-0.15, -0.1) is 0 Å². The van der Waals surface area contributed by atoms with E-state index in [9.17, 15) is 0 Å². The summed E-state index contributed by atoms with van der Waals surface area (Å²) in [4.78, 5) is 0. The van der Waals surface area contributed by atoms with Gasteiger partial charge in [0, 0.05) is 24.7 Å². The minimum Gasteiger partial charge on any atom is -0.493 e. The standard InChI is InChI=1S/C14H22N2O/c1-10-8-11(2)14-12(16-6-5-15)4-3-7-17-13(14)9-10/h8-9,12,16H,3-7,15H2,1-2H3. The molecule has 1 heterocycles. The van der Waals surface area contributed by atoms with Gasteiger partial charge in [0.2, 0.25) is 0 Å². The fraction of sp³-hybridized carbons (Fsp3) is 0.571. The summed E-state index contributed by atoms with van der Waals surface area (Å²) in [7, 11) is 0. The highest BCUT2D eigenvalue weighted by Crippen LogP contribution is 2.34. The van der Waals surface area contributed by atoms with Crippen molar-refractivity contribution in [3.63, 3.8) is 0 Å². The summed E-state index contributed by atoms with van der Waals surface area (Å²) < 4.78 is 5.85. The smallest absolute Gasteiger partial charge is 0.124 e. The summed E-state index contributed by atoms with van der Waals surface area (Å²) in [5.74, 6) is 1.05. The summed E-state index contributed by atoms with van der Waals surface area (Å²) in [5, 5.41) is 3.52. The van der Waals surface area contributed by atoms with Gasteiger partial charge in [-0.1, -0.05) is 6.07 Å². The van der Waals surface area contributed by atoms with E-state index < -0.39 is 0 Å². The first kappa shape index (κ1) is 12.4. The van der Waals surface area contributed by atoms with Crippen LogP contribution in [0.3, 0.4) is 0 Å². The maximum Gasteiger partial charge on any atom is 0.124 e. The molecule has 1 atom stereocenters. The lowest BCUT2D eigenvalue weighted by Crippen LogP contribution is -2.27. The van der Waals surface area contributed by atoms with Crippen molar-refractivity contribution in [1.82, 2.24) is 5.32 Å². The number of rotatable bonds is 3. The maximum atomic E-state index is 5.85. The van der Waals surface area contributed by atoms with Gasteiger partial charge in [0.05, 0.1) is 6.61 Å². The highest BCUT2D eigenvalue weighted by molar-refractivity contribution is 5.45. The molecule has 0 fully saturated rings. The predicted octanol–water partition coefficient (Wildman–Crippen LogP) is 2.07. The van der Waals surface area contributed by atoms with Gasteiger partial charge in [-0.25, -0.2) is 0 Å². The van der Waals surface area contributed by atoms with Crippen LogP contribution >= 0.6 is 0 Å². The van der Waals surface area contributed by atoms with E-state index in [0.717, 1.165) is 31.7 Å². The Morgan fingerprint density at radius 2 is 2.24 bits per heavy atom. The van der Waals surface area contributed by atoms with Crippen molar-refractivity contribution >= 4 is 0 Å². The Bertz CT molecular complexity index is 390. The monoisotopic (exact) mass is 234 g/mol. The van der Waals surface area contributed by atoms with Crippen molar-refractivity contribution < 1.29 is 4.74 Å². The minimum atomic E-state index is 0.386. The number of hydrogen-bond acceptors (Lipinski definition) is 3. The molecule has 1 aliphatic rings. The molecule has 0 saturated carbocycles. The van der Waals surface area contributed by atoms with Gasteiger partial charge in [0.15, 0.2) is 0 Å². The molecule has 17 heavy (non-hydrogen) atoms. The molecule has 3 heteroatoms. The summed E-state index contributed by atoms with van der Waals surface area (Å²) >= 11 is 0. The molecule has 0 aromatic heterocycles. The van der Waals surface area contributed by atoms with Crippen molar-refractivity contribution in [1.29, 1.82) is 0 Å². The van der Waals surface area contributed by atoms with Crippen molar-refractivity contribution in [3.05, 3.63) is 28.8 Å². The van der Waals surface area contributed by atoms with Gasteiger partial charge in [-0.05, 0) is 43.9 Å². The number of benzene rings is 1. The van der Waals surface area contributed by atoms with Crippen molar-refractivity contribution in [3.8, 4) is 5.75 Å². The maximum absolute atomic E-state index is 5.85. The van der Waals surface area contributed by atoms with Crippen LogP contribution in [0.1, 0.15) is 35.6 Å². The van der Waals surface area contributed by atoms with Crippen LogP contribution in [-0.4, -0.2) is 19.7 Å². The van der Waals surface area contributed by atoms with E-state index in [-0.39, 0.29) is 0 Å². The second-order valence-corrected chi connectivity index (χ2v) is 4.78. The first-order chi connectivity index (χ1) is 8.22. The van der Waals surface area contributed by atoms with E-state index in [1.165, 1.54) is 16.7 Å². The lowest BCUT2D eigenvalue weighted by Gasteiger charge is -2.20. The lowest BCUT2D eigenvalue weighted by atomic mass is 9.95. The largest absolute Gasteiger partial charge is 0.493 e. The molecule has 0 aliphatic carbocycles. The molecule has 0 bridgehead atoms. The van der Waals surface area contributed by atoms with Gasteiger partial charge in [-0.3, -0.25) is 0 Å². The molecule has 1 aromatic rings. The van der Waals surface area contributed by atoms with Crippen LogP contribution in [0.25, 0.3) is 0 Å². The van der Waals surface area contributed by atoms with E-state index in [4.69, 9.17) is 10.5 Å². The first-order valence-electron chi connectivity index (χ1n) is 6.39. The highest BCUT2D eigenvalue weighted by atomic mass is 16.5. The number of nitrogens with two attached hydrogens (primary N) is 1. The predicted molar refractivity (Wildman–Crippen MR) is 70.4 cm³/mol. The highest BCUT2D eigenvalue weighted by Gasteiger charge is 2.21. The summed E-state index contributed by atoms with van der Waals surface area (Å²) in [6.45, 7) is 6.63. The van der Waals surface area contributed by atoms with E-state index in [2.05, 4.69) is 31.3 Å². The van der Waals surface area contributed by atoms with Crippen LogP contribution in [0.2, 0.25) is 0 Å². The van der Waals surface area contributed by atoms with Crippen LogP contribution in [0.4, 0.5) is 0 Å². The third-order valence-corrected chi connectivity index (χ3v) is 3.27. The van der Waals surface area contributed by atoms with Crippen molar-refractivity contribution in [2.75, 3.05) is 19.7 Å². The van der Waals surface area contributed by atoms with E-state index >= 15 is 0 Å². The minimum absolute atomic E-state index is 0.386. The normalized spacial score (nSPS) is 19.4. The van der Waals surface area contributed by atoms with E-state index in [1.54, 1.807) is 0 Å². The molecule has 0 radical (unpaired) electrons. The third-order valence-electron chi connectivity index (χ3n) is 3.27.